The molecule has 0 aliphatic heterocycles. The van der Waals surface area contributed by atoms with E-state index in [1.807, 2.05) is 18.2 Å². The predicted octanol–water partition coefficient (Wildman–Crippen LogP) is 1.32. The summed E-state index contributed by atoms with van der Waals surface area (Å²) in [6.07, 6.45) is 7.25. The molecular weight excluding hydrogens is 235 g/mol. The molecular formula is C15H23NaO2. The van der Waals surface area contributed by atoms with Gasteiger partial charge in [-0.2, -0.15) is 0 Å². The van der Waals surface area contributed by atoms with Crippen molar-refractivity contribution in [1.82, 2.24) is 0 Å². The van der Waals surface area contributed by atoms with Gasteiger partial charge in [0.05, 0.1) is 12.2 Å². The van der Waals surface area contributed by atoms with Gasteiger partial charge < -0.3 is 6.16 Å². The van der Waals surface area contributed by atoms with Crippen LogP contribution in [0, 0.1) is 0 Å². The number of benzene rings is 1. The minimum atomic E-state index is -0.209. The van der Waals surface area contributed by atoms with Crippen LogP contribution in [0.2, 0.25) is 0 Å². The van der Waals surface area contributed by atoms with Gasteiger partial charge in [-0.05, 0) is 18.6 Å². The van der Waals surface area contributed by atoms with E-state index in [0.29, 0.717) is 12.2 Å². The van der Waals surface area contributed by atoms with E-state index in [-0.39, 0.29) is 37.0 Å². The molecule has 1 rings (SSSR count). The van der Waals surface area contributed by atoms with Gasteiger partial charge >= 0.3 is 35.5 Å². The van der Waals surface area contributed by atoms with E-state index in [0.717, 1.165) is 12.8 Å². The summed E-state index contributed by atoms with van der Waals surface area (Å²) in [5, 5.41) is 0. The van der Waals surface area contributed by atoms with Gasteiger partial charge in [0.25, 0.3) is 0 Å². The van der Waals surface area contributed by atoms with Crippen LogP contribution in [0.25, 0.3) is 0 Å². The Bertz CT molecular complexity index is 317. The van der Waals surface area contributed by atoms with Crippen molar-refractivity contribution in [2.75, 3.05) is 6.61 Å². The maximum absolute atomic E-state index is 11.6. The second kappa shape index (κ2) is 11.8. The maximum atomic E-state index is 11.6. The summed E-state index contributed by atoms with van der Waals surface area (Å²) in [5.41, 5.74) is 0.637. The van der Waals surface area contributed by atoms with Crippen LogP contribution in [0.4, 0.5) is 0 Å². The van der Waals surface area contributed by atoms with Crippen LogP contribution in [-0.2, 0) is 4.74 Å². The van der Waals surface area contributed by atoms with Crippen molar-refractivity contribution in [2.45, 2.75) is 45.4 Å². The first-order valence-corrected chi connectivity index (χ1v) is 6.56. The Morgan fingerprint density at radius 2 is 1.67 bits per heavy atom. The average molecular weight is 258 g/mol. The van der Waals surface area contributed by atoms with Crippen molar-refractivity contribution in [1.29, 1.82) is 0 Å². The number of carbonyl (C=O) groups excluding carboxylic acids is 1. The van der Waals surface area contributed by atoms with Crippen LogP contribution >= 0.6 is 0 Å². The summed E-state index contributed by atoms with van der Waals surface area (Å²) in [6.45, 7) is 2.75. The molecule has 96 valence electrons. The van der Waals surface area contributed by atoms with Crippen LogP contribution in [-0.4, -0.2) is 12.6 Å². The van der Waals surface area contributed by atoms with E-state index in [2.05, 4.69) is 6.92 Å². The Morgan fingerprint density at radius 1 is 1.06 bits per heavy atom. The first-order valence-electron chi connectivity index (χ1n) is 6.56. The summed E-state index contributed by atoms with van der Waals surface area (Å²) >= 11 is 0. The first-order chi connectivity index (χ1) is 8.34. The molecule has 0 radical (unpaired) electrons. The molecule has 1 aromatic rings. The van der Waals surface area contributed by atoms with Crippen LogP contribution in [0.3, 0.4) is 0 Å². The van der Waals surface area contributed by atoms with Gasteiger partial charge in [0.1, 0.15) is 0 Å². The molecule has 0 aromatic heterocycles. The number of hydrogen-bond donors (Lipinski definition) is 0. The van der Waals surface area contributed by atoms with Crippen LogP contribution in [0.5, 0.6) is 0 Å². The molecule has 0 aliphatic rings. The van der Waals surface area contributed by atoms with Crippen molar-refractivity contribution in [3.8, 4) is 0 Å². The number of esters is 1. The molecule has 1 aromatic carbocycles. The van der Waals surface area contributed by atoms with Crippen molar-refractivity contribution in [3.63, 3.8) is 0 Å². The molecule has 0 N–H and O–H groups in total. The van der Waals surface area contributed by atoms with Gasteiger partial charge in [0, 0.05) is 0 Å². The van der Waals surface area contributed by atoms with Gasteiger partial charge in [0.15, 0.2) is 0 Å². The second-order valence-corrected chi connectivity index (χ2v) is 4.27. The largest absolute Gasteiger partial charge is 1.00 e. The predicted molar refractivity (Wildman–Crippen MR) is 71.2 cm³/mol. The van der Waals surface area contributed by atoms with Crippen molar-refractivity contribution in [3.05, 3.63) is 35.9 Å². The van der Waals surface area contributed by atoms with Gasteiger partial charge in [-0.25, -0.2) is 4.79 Å². The molecule has 0 aliphatic carbocycles. The van der Waals surface area contributed by atoms with Crippen molar-refractivity contribution < 1.29 is 40.5 Å². The molecule has 3 heteroatoms. The van der Waals surface area contributed by atoms with E-state index in [9.17, 15) is 4.79 Å². The van der Waals surface area contributed by atoms with Crippen molar-refractivity contribution in [2.24, 2.45) is 0 Å². The molecule has 0 heterocycles. The standard InChI is InChI=1S/C15H22O2.Na.H/c1-2-3-4-5-6-10-13-17-15(16)14-11-8-7-9-12-14;;/h7-9,11-12H,2-6,10,13H2,1H3;;/q;+1;-1. The van der Waals surface area contributed by atoms with Crippen LogP contribution in [0.1, 0.15) is 57.2 Å². The summed E-state index contributed by atoms with van der Waals surface area (Å²) < 4.78 is 5.20. The Morgan fingerprint density at radius 3 is 2.33 bits per heavy atom. The average Bonchev–Trinajstić information content (AvgIpc) is 2.38. The zero-order chi connectivity index (χ0) is 12.3. The van der Waals surface area contributed by atoms with Gasteiger partial charge in [-0.15, -0.1) is 0 Å². The van der Waals surface area contributed by atoms with E-state index in [1.165, 1.54) is 25.7 Å². The number of unbranched alkanes of at least 4 members (excludes halogenated alkanes) is 5. The number of carbonyl (C=O) groups is 1. The molecule has 0 atom stereocenters. The zero-order valence-electron chi connectivity index (χ0n) is 12.7. The normalized spacial score (nSPS) is 9.61. The zero-order valence-corrected chi connectivity index (χ0v) is 13.7. The van der Waals surface area contributed by atoms with E-state index in [4.69, 9.17) is 4.74 Å². The fourth-order valence-corrected chi connectivity index (χ4v) is 1.70. The molecule has 2 nitrogen and oxygen atoms in total. The van der Waals surface area contributed by atoms with Gasteiger partial charge in [0.2, 0.25) is 0 Å². The van der Waals surface area contributed by atoms with E-state index in [1.54, 1.807) is 12.1 Å². The van der Waals surface area contributed by atoms with Crippen LogP contribution in [0.15, 0.2) is 30.3 Å². The molecule has 18 heavy (non-hydrogen) atoms. The first kappa shape index (κ1) is 17.7. The third-order valence-corrected chi connectivity index (χ3v) is 2.74. The molecule has 0 saturated carbocycles. The van der Waals surface area contributed by atoms with Gasteiger partial charge in [-0.1, -0.05) is 57.2 Å². The third kappa shape index (κ3) is 7.91. The fraction of sp³-hybridized carbons (Fsp3) is 0.533. The quantitative estimate of drug-likeness (QED) is 0.399. The van der Waals surface area contributed by atoms with E-state index >= 15 is 0 Å². The molecule has 0 unspecified atom stereocenters. The summed E-state index contributed by atoms with van der Waals surface area (Å²) in [5.74, 6) is -0.209. The Balaban J connectivity index is 0. The van der Waals surface area contributed by atoms with Crippen LogP contribution < -0.4 is 29.6 Å². The minimum absolute atomic E-state index is 0. The number of hydrogen-bond acceptors (Lipinski definition) is 2. The maximum Gasteiger partial charge on any atom is 1.00 e. The number of rotatable bonds is 8. The molecule has 0 spiro atoms. The summed E-state index contributed by atoms with van der Waals surface area (Å²) in [4.78, 5) is 11.6. The number of ether oxygens (including phenoxy) is 1. The SMILES string of the molecule is CCCCCCCCOC(=O)c1ccccc1.[H-].[Na+]. The Labute approximate surface area is 134 Å². The Kier molecular flexibility index (Phi) is 11.6. The molecule has 0 bridgehead atoms. The topological polar surface area (TPSA) is 26.3 Å². The fourth-order valence-electron chi connectivity index (χ4n) is 1.70. The Hall–Kier alpha value is -0.310. The second-order valence-electron chi connectivity index (χ2n) is 4.27. The third-order valence-electron chi connectivity index (χ3n) is 2.74. The van der Waals surface area contributed by atoms with Gasteiger partial charge in [-0.3, -0.25) is 0 Å². The van der Waals surface area contributed by atoms with E-state index < -0.39 is 0 Å². The molecule has 0 saturated heterocycles. The van der Waals surface area contributed by atoms with Crippen molar-refractivity contribution >= 4 is 5.97 Å². The molecule has 0 fully saturated rings. The summed E-state index contributed by atoms with van der Waals surface area (Å²) in [7, 11) is 0. The smallest absolute Gasteiger partial charge is 1.00 e. The minimum Gasteiger partial charge on any atom is -1.00 e. The monoisotopic (exact) mass is 258 g/mol. The summed E-state index contributed by atoms with van der Waals surface area (Å²) in [6, 6.07) is 9.15. The molecule has 0 amide bonds.